The van der Waals surface area contributed by atoms with Crippen LogP contribution in [0.4, 0.5) is 0 Å². The maximum Gasteiger partial charge on any atom is 0.0309 e. The van der Waals surface area contributed by atoms with Crippen LogP contribution >= 0.6 is 0 Å². The quantitative estimate of drug-likeness (QED) is 0.810. The molecule has 0 bridgehead atoms. The van der Waals surface area contributed by atoms with Gasteiger partial charge >= 0.3 is 0 Å². The van der Waals surface area contributed by atoms with E-state index in [0.717, 1.165) is 17.9 Å². The Morgan fingerprint density at radius 1 is 1.29 bits per heavy atom. The van der Waals surface area contributed by atoms with Crippen LogP contribution in [-0.4, -0.2) is 35.6 Å². The van der Waals surface area contributed by atoms with E-state index < -0.39 is 0 Å². The Morgan fingerprint density at radius 2 is 1.94 bits per heavy atom. The lowest BCUT2D eigenvalue weighted by molar-refractivity contribution is 0.0269. The van der Waals surface area contributed by atoms with E-state index in [1.54, 1.807) is 0 Å². The third-order valence-corrected chi connectivity index (χ3v) is 5.16. The van der Waals surface area contributed by atoms with Crippen LogP contribution in [0.1, 0.15) is 53.9 Å². The van der Waals surface area contributed by atoms with Crippen molar-refractivity contribution >= 4 is 0 Å². The average molecular weight is 238 g/mol. The molecule has 3 atom stereocenters. The lowest BCUT2D eigenvalue weighted by Crippen LogP contribution is -2.66. The van der Waals surface area contributed by atoms with Crippen molar-refractivity contribution in [2.75, 3.05) is 13.1 Å². The molecule has 2 rings (SSSR count). The van der Waals surface area contributed by atoms with Gasteiger partial charge in [0.15, 0.2) is 0 Å². The number of piperazine rings is 1. The van der Waals surface area contributed by atoms with Crippen LogP contribution in [0, 0.1) is 11.8 Å². The summed E-state index contributed by atoms with van der Waals surface area (Å²) in [6, 6.07) is 1.44. The summed E-state index contributed by atoms with van der Waals surface area (Å²) in [5.41, 5.74) is 0.384. The molecule has 2 aliphatic rings. The Hall–Kier alpha value is -0.0800. The van der Waals surface area contributed by atoms with Gasteiger partial charge in [-0.15, -0.1) is 0 Å². The van der Waals surface area contributed by atoms with Crippen molar-refractivity contribution in [2.24, 2.45) is 11.8 Å². The second kappa shape index (κ2) is 4.89. The molecule has 0 aromatic carbocycles. The normalized spacial score (nSPS) is 37.4. The van der Waals surface area contributed by atoms with Crippen LogP contribution in [0.5, 0.6) is 0 Å². The molecule has 0 amide bonds. The van der Waals surface area contributed by atoms with Gasteiger partial charge in [0.2, 0.25) is 0 Å². The number of nitrogens with one attached hydrogen (secondary N) is 1. The topological polar surface area (TPSA) is 15.3 Å². The molecule has 0 aromatic rings. The molecule has 100 valence electrons. The van der Waals surface area contributed by atoms with Gasteiger partial charge in [-0.05, 0) is 44.9 Å². The van der Waals surface area contributed by atoms with E-state index in [1.807, 2.05) is 0 Å². The minimum atomic E-state index is 0.384. The van der Waals surface area contributed by atoms with E-state index in [0.29, 0.717) is 11.6 Å². The first-order valence-electron chi connectivity index (χ1n) is 7.48. The molecule has 0 radical (unpaired) electrons. The Kier molecular flexibility index (Phi) is 3.84. The molecule has 1 N–H and O–H groups in total. The van der Waals surface area contributed by atoms with Crippen molar-refractivity contribution in [3.63, 3.8) is 0 Å². The fraction of sp³-hybridized carbons (Fsp3) is 1.00. The Balaban J connectivity index is 2.07. The predicted octanol–water partition coefficient (Wildman–Crippen LogP) is 2.88. The van der Waals surface area contributed by atoms with E-state index in [-0.39, 0.29) is 0 Å². The highest BCUT2D eigenvalue weighted by atomic mass is 15.3. The molecule has 1 saturated heterocycles. The smallest absolute Gasteiger partial charge is 0.0309 e. The van der Waals surface area contributed by atoms with E-state index in [2.05, 4.69) is 44.8 Å². The van der Waals surface area contributed by atoms with Gasteiger partial charge in [0.1, 0.15) is 0 Å². The van der Waals surface area contributed by atoms with Crippen LogP contribution in [-0.2, 0) is 0 Å². The van der Waals surface area contributed by atoms with E-state index in [9.17, 15) is 0 Å². The minimum absolute atomic E-state index is 0.384. The highest BCUT2D eigenvalue weighted by molar-refractivity contribution is 5.04. The zero-order valence-electron chi connectivity index (χ0n) is 12.3. The van der Waals surface area contributed by atoms with Crippen LogP contribution < -0.4 is 5.32 Å². The lowest BCUT2D eigenvalue weighted by atomic mass is 9.88. The highest BCUT2D eigenvalue weighted by Crippen LogP contribution is 2.42. The highest BCUT2D eigenvalue weighted by Gasteiger charge is 2.46. The van der Waals surface area contributed by atoms with Crippen LogP contribution in [0.3, 0.4) is 0 Å². The maximum atomic E-state index is 3.84. The van der Waals surface area contributed by atoms with Crippen molar-refractivity contribution in [1.29, 1.82) is 0 Å². The maximum absolute atomic E-state index is 3.84. The van der Waals surface area contributed by atoms with Gasteiger partial charge in [-0.3, -0.25) is 4.90 Å². The van der Waals surface area contributed by atoms with Gasteiger partial charge in [-0.1, -0.05) is 20.8 Å². The number of rotatable bonds is 4. The Labute approximate surface area is 107 Å². The lowest BCUT2D eigenvalue weighted by Gasteiger charge is -2.50. The summed E-state index contributed by atoms with van der Waals surface area (Å²) in [4.78, 5) is 2.78. The molecule has 2 fully saturated rings. The van der Waals surface area contributed by atoms with Crippen molar-refractivity contribution in [1.82, 2.24) is 10.2 Å². The molecule has 1 aliphatic carbocycles. The fourth-order valence-electron chi connectivity index (χ4n) is 3.26. The van der Waals surface area contributed by atoms with Crippen molar-refractivity contribution in [2.45, 2.75) is 71.5 Å². The molecule has 2 heteroatoms. The van der Waals surface area contributed by atoms with Crippen molar-refractivity contribution in [3.05, 3.63) is 0 Å². The zero-order valence-corrected chi connectivity index (χ0v) is 12.3. The molecule has 0 spiro atoms. The summed E-state index contributed by atoms with van der Waals surface area (Å²) in [6.07, 6.45) is 4.14. The SMILES string of the molecule is CCC1CNC(C)(C2CC2)CN1C(C)C(C)C. The average Bonchev–Trinajstić information content (AvgIpc) is 3.12. The summed E-state index contributed by atoms with van der Waals surface area (Å²) in [5.74, 6) is 1.69. The van der Waals surface area contributed by atoms with Crippen LogP contribution in [0.2, 0.25) is 0 Å². The summed E-state index contributed by atoms with van der Waals surface area (Å²) in [6.45, 7) is 14.3. The van der Waals surface area contributed by atoms with E-state index >= 15 is 0 Å². The predicted molar refractivity (Wildman–Crippen MR) is 74.2 cm³/mol. The molecule has 17 heavy (non-hydrogen) atoms. The Morgan fingerprint density at radius 3 is 2.41 bits per heavy atom. The molecule has 0 aromatic heterocycles. The largest absolute Gasteiger partial charge is 0.308 e. The van der Waals surface area contributed by atoms with Gasteiger partial charge < -0.3 is 5.32 Å². The van der Waals surface area contributed by atoms with Gasteiger partial charge in [-0.25, -0.2) is 0 Å². The number of hydrogen-bond acceptors (Lipinski definition) is 2. The zero-order chi connectivity index (χ0) is 12.6. The molecule has 1 heterocycles. The molecule has 2 nitrogen and oxygen atoms in total. The Bertz CT molecular complexity index is 258. The minimum Gasteiger partial charge on any atom is -0.308 e. The molecule has 1 saturated carbocycles. The van der Waals surface area contributed by atoms with Crippen LogP contribution in [0.25, 0.3) is 0 Å². The van der Waals surface area contributed by atoms with Gasteiger partial charge in [0.05, 0.1) is 0 Å². The van der Waals surface area contributed by atoms with Crippen LogP contribution in [0.15, 0.2) is 0 Å². The van der Waals surface area contributed by atoms with Gasteiger partial charge in [0, 0.05) is 30.7 Å². The van der Waals surface area contributed by atoms with Gasteiger partial charge in [0.25, 0.3) is 0 Å². The summed E-state index contributed by atoms with van der Waals surface area (Å²) in [5, 5.41) is 3.84. The first-order chi connectivity index (χ1) is 7.98. The van der Waals surface area contributed by atoms with Gasteiger partial charge in [-0.2, -0.15) is 0 Å². The number of hydrogen-bond donors (Lipinski definition) is 1. The summed E-state index contributed by atoms with van der Waals surface area (Å²) in [7, 11) is 0. The molecular weight excluding hydrogens is 208 g/mol. The van der Waals surface area contributed by atoms with Crippen molar-refractivity contribution in [3.8, 4) is 0 Å². The molecule has 1 aliphatic heterocycles. The summed E-state index contributed by atoms with van der Waals surface area (Å²) < 4.78 is 0. The van der Waals surface area contributed by atoms with E-state index in [1.165, 1.54) is 32.4 Å². The second-order valence-electron chi connectivity index (χ2n) is 6.79. The standard InChI is InChI=1S/C15H30N2/c1-6-14-9-16-15(5,13-7-8-13)10-17(14)12(4)11(2)3/h11-14,16H,6-10H2,1-5H3. The third-order valence-electron chi connectivity index (χ3n) is 5.16. The monoisotopic (exact) mass is 238 g/mol. The summed E-state index contributed by atoms with van der Waals surface area (Å²) >= 11 is 0. The fourth-order valence-corrected chi connectivity index (χ4v) is 3.26. The second-order valence-corrected chi connectivity index (χ2v) is 6.79. The number of nitrogens with zero attached hydrogens (tertiary/aromatic N) is 1. The van der Waals surface area contributed by atoms with Crippen molar-refractivity contribution < 1.29 is 0 Å². The first-order valence-corrected chi connectivity index (χ1v) is 7.48. The first kappa shape index (κ1) is 13.4. The third kappa shape index (κ3) is 2.68. The molecular formula is C15H30N2. The van der Waals surface area contributed by atoms with E-state index in [4.69, 9.17) is 0 Å². The molecule has 3 unspecified atom stereocenters.